The predicted molar refractivity (Wildman–Crippen MR) is 84.2 cm³/mol. The van der Waals surface area contributed by atoms with Crippen LogP contribution < -0.4 is 4.90 Å². The minimum atomic E-state index is -0.809. The number of aliphatic carboxylic acids is 1. The summed E-state index contributed by atoms with van der Waals surface area (Å²) in [5.74, 6) is -1.29. The van der Waals surface area contributed by atoms with Gasteiger partial charge in [-0.3, -0.25) is 9.59 Å². The fraction of sp³-hybridized carbons (Fsp3) is 0.529. The Balaban J connectivity index is 1.65. The molecule has 2 fully saturated rings. The van der Waals surface area contributed by atoms with E-state index < -0.39 is 11.9 Å². The molecular weight excluding hydrogens is 280 g/mol. The Morgan fingerprint density at radius 1 is 1.00 bits per heavy atom. The van der Waals surface area contributed by atoms with Crippen LogP contribution in [0.3, 0.4) is 0 Å². The SMILES string of the molecule is O=C(O)C1CCN(C(=O)c2ccc(N3CCCCC3)cc2)C1. The third kappa shape index (κ3) is 3.08. The summed E-state index contributed by atoms with van der Waals surface area (Å²) in [6.45, 7) is 3.02. The van der Waals surface area contributed by atoms with Crippen molar-refractivity contribution in [3.63, 3.8) is 0 Å². The standard InChI is InChI=1S/C17H22N2O3/c20-16(19-11-8-14(12-19)17(21)22)13-4-6-15(7-5-13)18-9-2-1-3-10-18/h4-7,14H,1-3,8-12H2,(H,21,22). The highest BCUT2D eigenvalue weighted by molar-refractivity contribution is 5.95. The van der Waals surface area contributed by atoms with Gasteiger partial charge in [-0.15, -0.1) is 0 Å². The summed E-state index contributed by atoms with van der Waals surface area (Å²) >= 11 is 0. The molecule has 1 aromatic carbocycles. The van der Waals surface area contributed by atoms with Gasteiger partial charge in [0.05, 0.1) is 5.92 Å². The highest BCUT2D eigenvalue weighted by Gasteiger charge is 2.31. The molecule has 1 amide bonds. The van der Waals surface area contributed by atoms with E-state index in [1.165, 1.54) is 24.9 Å². The van der Waals surface area contributed by atoms with E-state index in [4.69, 9.17) is 5.11 Å². The minimum Gasteiger partial charge on any atom is -0.481 e. The summed E-state index contributed by atoms with van der Waals surface area (Å²) < 4.78 is 0. The lowest BCUT2D eigenvalue weighted by Gasteiger charge is -2.29. The maximum absolute atomic E-state index is 12.4. The molecule has 2 aliphatic rings. The molecule has 0 aromatic heterocycles. The van der Waals surface area contributed by atoms with Gasteiger partial charge in [0.1, 0.15) is 0 Å². The lowest BCUT2D eigenvalue weighted by Crippen LogP contribution is -2.30. The molecule has 3 rings (SSSR count). The first-order valence-electron chi connectivity index (χ1n) is 8.02. The first-order chi connectivity index (χ1) is 10.6. The predicted octanol–water partition coefficient (Wildman–Crippen LogP) is 2.22. The summed E-state index contributed by atoms with van der Waals surface area (Å²) in [7, 11) is 0. The lowest BCUT2D eigenvalue weighted by atomic mass is 10.1. The number of benzene rings is 1. The Bertz CT molecular complexity index is 550. The molecule has 0 spiro atoms. The van der Waals surface area contributed by atoms with Crippen LogP contribution in [0.4, 0.5) is 5.69 Å². The minimum absolute atomic E-state index is 0.0612. The second kappa shape index (κ2) is 6.38. The van der Waals surface area contributed by atoms with E-state index >= 15 is 0 Å². The van der Waals surface area contributed by atoms with Gasteiger partial charge >= 0.3 is 5.97 Å². The highest BCUT2D eigenvalue weighted by atomic mass is 16.4. The fourth-order valence-corrected chi connectivity index (χ4v) is 3.30. The number of piperidine rings is 1. The largest absolute Gasteiger partial charge is 0.481 e. The van der Waals surface area contributed by atoms with Gasteiger partial charge in [0, 0.05) is 37.4 Å². The molecule has 22 heavy (non-hydrogen) atoms. The number of carboxylic acids is 1. The van der Waals surface area contributed by atoms with Crippen molar-refractivity contribution in [1.29, 1.82) is 0 Å². The third-order valence-electron chi connectivity index (χ3n) is 4.66. The van der Waals surface area contributed by atoms with Gasteiger partial charge in [-0.05, 0) is 49.9 Å². The average Bonchev–Trinajstić information content (AvgIpc) is 3.05. The molecule has 1 unspecified atom stereocenters. The van der Waals surface area contributed by atoms with Crippen molar-refractivity contribution in [2.75, 3.05) is 31.1 Å². The summed E-state index contributed by atoms with van der Waals surface area (Å²) in [4.78, 5) is 27.4. The van der Waals surface area contributed by atoms with Crippen molar-refractivity contribution in [3.05, 3.63) is 29.8 Å². The average molecular weight is 302 g/mol. The summed E-state index contributed by atoms with van der Waals surface area (Å²) in [5, 5.41) is 9.02. The maximum Gasteiger partial charge on any atom is 0.308 e. The first-order valence-corrected chi connectivity index (χ1v) is 8.02. The first kappa shape index (κ1) is 14.9. The van der Waals surface area contributed by atoms with Crippen LogP contribution in [0.1, 0.15) is 36.0 Å². The Labute approximate surface area is 130 Å². The van der Waals surface area contributed by atoms with Crippen molar-refractivity contribution in [1.82, 2.24) is 4.90 Å². The van der Waals surface area contributed by atoms with Crippen LogP contribution in [-0.2, 0) is 4.79 Å². The van der Waals surface area contributed by atoms with Crippen LogP contribution >= 0.6 is 0 Å². The van der Waals surface area contributed by atoms with Gasteiger partial charge in [0.15, 0.2) is 0 Å². The number of hydrogen-bond acceptors (Lipinski definition) is 3. The molecule has 1 N–H and O–H groups in total. The molecule has 5 nitrogen and oxygen atoms in total. The third-order valence-corrected chi connectivity index (χ3v) is 4.66. The summed E-state index contributed by atoms with van der Waals surface area (Å²) in [6.07, 6.45) is 4.30. The number of carboxylic acid groups (broad SMARTS) is 1. The number of carbonyl (C=O) groups excluding carboxylic acids is 1. The maximum atomic E-state index is 12.4. The Morgan fingerprint density at radius 2 is 1.68 bits per heavy atom. The van der Waals surface area contributed by atoms with Crippen molar-refractivity contribution < 1.29 is 14.7 Å². The van der Waals surface area contributed by atoms with Gasteiger partial charge in [0.2, 0.25) is 0 Å². The molecule has 0 aliphatic carbocycles. The van der Waals surface area contributed by atoms with E-state index in [0.717, 1.165) is 13.1 Å². The van der Waals surface area contributed by atoms with Gasteiger partial charge in [-0.1, -0.05) is 0 Å². The number of carbonyl (C=O) groups is 2. The molecule has 2 saturated heterocycles. The second-order valence-corrected chi connectivity index (χ2v) is 6.17. The molecule has 1 atom stereocenters. The number of nitrogens with zero attached hydrogens (tertiary/aromatic N) is 2. The van der Waals surface area contributed by atoms with Gasteiger partial charge in [0.25, 0.3) is 5.91 Å². The van der Waals surface area contributed by atoms with Gasteiger partial charge in [-0.2, -0.15) is 0 Å². The number of amides is 1. The molecule has 0 bridgehead atoms. The zero-order chi connectivity index (χ0) is 15.5. The molecule has 0 radical (unpaired) electrons. The molecule has 0 saturated carbocycles. The van der Waals surface area contributed by atoms with Crippen molar-refractivity contribution >= 4 is 17.6 Å². The summed E-state index contributed by atoms with van der Waals surface area (Å²) in [5.41, 5.74) is 1.81. The molecular formula is C17H22N2O3. The van der Waals surface area contributed by atoms with Crippen molar-refractivity contribution in [3.8, 4) is 0 Å². The molecule has 2 aliphatic heterocycles. The van der Waals surface area contributed by atoms with Crippen molar-refractivity contribution in [2.24, 2.45) is 5.92 Å². The normalized spacial score (nSPS) is 21.9. The molecule has 2 heterocycles. The Morgan fingerprint density at radius 3 is 2.27 bits per heavy atom. The highest BCUT2D eigenvalue weighted by Crippen LogP contribution is 2.22. The smallest absolute Gasteiger partial charge is 0.308 e. The van der Waals surface area contributed by atoms with E-state index in [2.05, 4.69) is 4.90 Å². The number of rotatable bonds is 3. The molecule has 1 aromatic rings. The topological polar surface area (TPSA) is 60.9 Å². The van der Waals surface area contributed by atoms with Crippen LogP contribution in [0.25, 0.3) is 0 Å². The Hall–Kier alpha value is -2.04. The Kier molecular flexibility index (Phi) is 4.32. The number of likely N-dealkylation sites (tertiary alicyclic amines) is 1. The second-order valence-electron chi connectivity index (χ2n) is 6.17. The van der Waals surface area contributed by atoms with Crippen LogP contribution in [0.15, 0.2) is 24.3 Å². The number of anilines is 1. The van der Waals surface area contributed by atoms with Crippen molar-refractivity contribution in [2.45, 2.75) is 25.7 Å². The summed E-state index contributed by atoms with van der Waals surface area (Å²) in [6, 6.07) is 7.73. The van der Waals surface area contributed by atoms with E-state index in [1.807, 2.05) is 24.3 Å². The van der Waals surface area contributed by atoms with Crippen LogP contribution in [0, 0.1) is 5.92 Å². The lowest BCUT2D eigenvalue weighted by molar-refractivity contribution is -0.141. The van der Waals surface area contributed by atoms with Crippen LogP contribution in [0.5, 0.6) is 0 Å². The quantitative estimate of drug-likeness (QED) is 0.930. The van der Waals surface area contributed by atoms with Crippen LogP contribution in [0.2, 0.25) is 0 Å². The van der Waals surface area contributed by atoms with Crippen LogP contribution in [-0.4, -0.2) is 48.1 Å². The van der Waals surface area contributed by atoms with E-state index in [9.17, 15) is 9.59 Å². The fourth-order valence-electron chi connectivity index (χ4n) is 3.30. The van der Waals surface area contributed by atoms with E-state index in [1.54, 1.807) is 4.90 Å². The number of hydrogen-bond donors (Lipinski definition) is 1. The zero-order valence-electron chi connectivity index (χ0n) is 12.7. The zero-order valence-corrected chi connectivity index (χ0v) is 12.7. The van der Waals surface area contributed by atoms with Gasteiger partial charge < -0.3 is 14.9 Å². The molecule has 118 valence electrons. The van der Waals surface area contributed by atoms with E-state index in [-0.39, 0.29) is 5.91 Å². The molecule has 5 heteroatoms. The monoisotopic (exact) mass is 302 g/mol. The van der Waals surface area contributed by atoms with E-state index in [0.29, 0.717) is 25.1 Å². The van der Waals surface area contributed by atoms with Gasteiger partial charge in [-0.25, -0.2) is 0 Å².